The fourth-order valence-electron chi connectivity index (χ4n) is 4.07. The Balaban J connectivity index is 1.56. The zero-order valence-corrected chi connectivity index (χ0v) is 16.2. The van der Waals surface area contributed by atoms with Gasteiger partial charge in [-0.05, 0) is 43.6 Å². The number of urea groups is 1. The molecule has 1 spiro atoms. The molecular formula is C21H29N3O3. The van der Waals surface area contributed by atoms with Crippen molar-refractivity contribution in [2.75, 3.05) is 13.1 Å². The molecule has 0 bridgehead atoms. The fourth-order valence-corrected chi connectivity index (χ4v) is 4.07. The van der Waals surface area contributed by atoms with E-state index in [4.69, 9.17) is 0 Å². The number of amides is 4. The highest BCUT2D eigenvalue weighted by atomic mass is 16.2. The van der Waals surface area contributed by atoms with Crippen LogP contribution < -0.4 is 10.6 Å². The molecular weight excluding hydrogens is 342 g/mol. The molecule has 4 amide bonds. The molecule has 0 aromatic heterocycles. The lowest BCUT2D eigenvalue weighted by molar-refractivity contribution is -0.136. The first-order valence-electron chi connectivity index (χ1n) is 9.91. The van der Waals surface area contributed by atoms with Crippen molar-refractivity contribution in [3.05, 3.63) is 35.9 Å². The van der Waals surface area contributed by atoms with Crippen molar-refractivity contribution in [2.45, 2.75) is 57.4 Å². The quantitative estimate of drug-likeness (QED) is 0.755. The average Bonchev–Trinajstić information content (AvgIpc) is 2.90. The van der Waals surface area contributed by atoms with E-state index in [-0.39, 0.29) is 24.3 Å². The Morgan fingerprint density at radius 2 is 1.93 bits per heavy atom. The number of carbonyl (C=O) groups excluding carboxylic acids is 3. The van der Waals surface area contributed by atoms with Crippen LogP contribution in [0.2, 0.25) is 0 Å². The predicted octanol–water partition coefficient (Wildman–Crippen LogP) is 2.80. The smallest absolute Gasteiger partial charge is 0.325 e. The molecule has 1 saturated carbocycles. The van der Waals surface area contributed by atoms with Gasteiger partial charge in [-0.15, -0.1) is 0 Å². The third-order valence-electron chi connectivity index (χ3n) is 5.98. The van der Waals surface area contributed by atoms with Crippen LogP contribution in [0.5, 0.6) is 0 Å². The number of hydrogen-bond acceptors (Lipinski definition) is 3. The molecule has 27 heavy (non-hydrogen) atoms. The molecule has 1 aliphatic carbocycles. The van der Waals surface area contributed by atoms with Crippen molar-refractivity contribution in [2.24, 2.45) is 5.92 Å². The lowest BCUT2D eigenvalue weighted by atomic mass is 9.77. The third kappa shape index (κ3) is 4.15. The van der Waals surface area contributed by atoms with Crippen LogP contribution in [0, 0.1) is 5.92 Å². The van der Waals surface area contributed by atoms with Crippen molar-refractivity contribution in [3.63, 3.8) is 0 Å². The van der Waals surface area contributed by atoms with Crippen LogP contribution >= 0.6 is 0 Å². The second-order valence-electron chi connectivity index (χ2n) is 7.91. The van der Waals surface area contributed by atoms with Gasteiger partial charge in [-0.2, -0.15) is 0 Å². The molecule has 1 saturated heterocycles. The van der Waals surface area contributed by atoms with Gasteiger partial charge in [0.25, 0.3) is 5.91 Å². The normalized spacial score (nSPS) is 26.1. The van der Waals surface area contributed by atoms with Crippen molar-refractivity contribution in [3.8, 4) is 0 Å². The van der Waals surface area contributed by atoms with E-state index in [1.165, 1.54) is 5.56 Å². The minimum atomic E-state index is -0.792. The summed E-state index contributed by atoms with van der Waals surface area (Å²) in [5.41, 5.74) is 0.380. The summed E-state index contributed by atoms with van der Waals surface area (Å²) in [6.07, 6.45) is 4.04. The Hall–Kier alpha value is -2.37. The summed E-state index contributed by atoms with van der Waals surface area (Å²) in [6, 6.07) is 9.58. The maximum atomic E-state index is 12.8. The van der Waals surface area contributed by atoms with Gasteiger partial charge in [0.2, 0.25) is 5.91 Å². The van der Waals surface area contributed by atoms with Crippen molar-refractivity contribution in [1.29, 1.82) is 0 Å². The molecule has 0 radical (unpaired) electrons. The second-order valence-corrected chi connectivity index (χ2v) is 7.91. The number of nitrogens with zero attached hydrogens (tertiary/aromatic N) is 1. The zero-order chi connectivity index (χ0) is 19.4. The summed E-state index contributed by atoms with van der Waals surface area (Å²) in [5.74, 6) is 0.241. The van der Waals surface area contributed by atoms with Gasteiger partial charge in [0.05, 0.1) is 0 Å². The molecule has 146 valence electrons. The molecule has 1 heterocycles. The predicted molar refractivity (Wildman–Crippen MR) is 103 cm³/mol. The number of hydrogen-bond donors (Lipinski definition) is 2. The number of nitrogens with one attached hydrogen (secondary N) is 2. The monoisotopic (exact) mass is 371 g/mol. The van der Waals surface area contributed by atoms with Gasteiger partial charge in [-0.3, -0.25) is 14.5 Å². The molecule has 3 rings (SSSR count). The van der Waals surface area contributed by atoms with E-state index in [2.05, 4.69) is 24.5 Å². The van der Waals surface area contributed by atoms with E-state index < -0.39 is 11.6 Å². The Morgan fingerprint density at radius 1 is 1.26 bits per heavy atom. The van der Waals surface area contributed by atoms with Crippen LogP contribution in [0.3, 0.4) is 0 Å². The van der Waals surface area contributed by atoms with Crippen LogP contribution in [-0.2, 0) is 9.59 Å². The number of rotatable bonds is 6. The van der Waals surface area contributed by atoms with E-state index in [9.17, 15) is 14.4 Å². The minimum absolute atomic E-state index is 0.212. The SMILES string of the molecule is CC[C@@H](CNC(=O)CN1C(=O)NC2(CCC(C)CC2)C1=O)c1ccccc1. The van der Waals surface area contributed by atoms with E-state index in [1.54, 1.807) is 0 Å². The molecule has 1 aromatic rings. The molecule has 1 aromatic carbocycles. The Labute approximate surface area is 160 Å². The van der Waals surface area contributed by atoms with Crippen LogP contribution in [0.1, 0.15) is 57.4 Å². The largest absolute Gasteiger partial charge is 0.354 e. The van der Waals surface area contributed by atoms with E-state index in [0.29, 0.717) is 25.3 Å². The number of imide groups is 1. The van der Waals surface area contributed by atoms with Crippen LogP contribution in [0.15, 0.2) is 30.3 Å². The van der Waals surface area contributed by atoms with Gasteiger partial charge >= 0.3 is 6.03 Å². The van der Waals surface area contributed by atoms with E-state index in [1.807, 2.05) is 30.3 Å². The van der Waals surface area contributed by atoms with Gasteiger partial charge in [-0.25, -0.2) is 4.79 Å². The highest BCUT2D eigenvalue weighted by molar-refractivity contribution is 6.09. The summed E-state index contributed by atoms with van der Waals surface area (Å²) in [5, 5.41) is 5.74. The molecule has 2 N–H and O–H groups in total. The number of benzene rings is 1. The standard InChI is InChI=1S/C21H29N3O3/c1-3-16(17-7-5-4-6-8-17)13-22-18(25)14-24-19(26)21(23-20(24)27)11-9-15(2)10-12-21/h4-8,15-16H,3,9-14H2,1-2H3,(H,22,25)(H,23,27)/t15?,16-,21?/m0/s1. The van der Waals surface area contributed by atoms with Crippen molar-refractivity contribution < 1.29 is 14.4 Å². The van der Waals surface area contributed by atoms with Crippen LogP contribution in [0.4, 0.5) is 4.79 Å². The summed E-state index contributed by atoms with van der Waals surface area (Å²) < 4.78 is 0. The summed E-state index contributed by atoms with van der Waals surface area (Å²) >= 11 is 0. The average molecular weight is 371 g/mol. The maximum Gasteiger partial charge on any atom is 0.325 e. The first-order valence-corrected chi connectivity index (χ1v) is 9.91. The van der Waals surface area contributed by atoms with Gasteiger partial charge < -0.3 is 10.6 Å². The van der Waals surface area contributed by atoms with Gasteiger partial charge in [0.1, 0.15) is 12.1 Å². The van der Waals surface area contributed by atoms with E-state index >= 15 is 0 Å². The fraction of sp³-hybridized carbons (Fsp3) is 0.571. The number of carbonyl (C=O) groups is 3. The lowest BCUT2D eigenvalue weighted by Crippen LogP contribution is -2.50. The maximum absolute atomic E-state index is 12.8. The van der Waals surface area contributed by atoms with Gasteiger partial charge in [-0.1, -0.05) is 44.2 Å². The van der Waals surface area contributed by atoms with Crippen LogP contribution in [-0.4, -0.2) is 41.4 Å². The summed E-state index contributed by atoms with van der Waals surface area (Å²) in [4.78, 5) is 38.6. The molecule has 6 nitrogen and oxygen atoms in total. The lowest BCUT2D eigenvalue weighted by Gasteiger charge is -2.33. The minimum Gasteiger partial charge on any atom is -0.354 e. The highest BCUT2D eigenvalue weighted by Crippen LogP contribution is 2.36. The van der Waals surface area contributed by atoms with Gasteiger partial charge in [0, 0.05) is 12.5 Å². The molecule has 1 atom stereocenters. The molecule has 0 unspecified atom stereocenters. The summed E-state index contributed by atoms with van der Waals surface area (Å²) in [7, 11) is 0. The van der Waals surface area contributed by atoms with E-state index in [0.717, 1.165) is 24.2 Å². The van der Waals surface area contributed by atoms with Crippen LogP contribution in [0.25, 0.3) is 0 Å². The highest BCUT2D eigenvalue weighted by Gasteiger charge is 2.52. The van der Waals surface area contributed by atoms with Crippen molar-refractivity contribution in [1.82, 2.24) is 15.5 Å². The first-order chi connectivity index (χ1) is 12.9. The zero-order valence-electron chi connectivity index (χ0n) is 16.2. The third-order valence-corrected chi connectivity index (χ3v) is 5.98. The Bertz CT molecular complexity index is 696. The van der Waals surface area contributed by atoms with Crippen molar-refractivity contribution >= 4 is 17.8 Å². The molecule has 2 fully saturated rings. The van der Waals surface area contributed by atoms with Gasteiger partial charge in [0.15, 0.2) is 0 Å². The molecule has 6 heteroatoms. The Kier molecular flexibility index (Phi) is 5.82. The second kappa shape index (κ2) is 8.11. The Morgan fingerprint density at radius 3 is 2.56 bits per heavy atom. The summed E-state index contributed by atoms with van der Waals surface area (Å²) in [6.45, 7) is 4.52. The molecule has 2 aliphatic rings. The topological polar surface area (TPSA) is 78.5 Å². The molecule has 1 aliphatic heterocycles. The first kappa shape index (κ1) is 19.4.